The van der Waals surface area contributed by atoms with Gasteiger partial charge in [-0.3, -0.25) is 9.78 Å². The van der Waals surface area contributed by atoms with Crippen LogP contribution in [0.4, 0.5) is 0 Å². The molecule has 1 heterocycles. The van der Waals surface area contributed by atoms with Gasteiger partial charge in [0.15, 0.2) is 6.29 Å². The molecule has 0 aliphatic carbocycles. The second-order valence-corrected chi connectivity index (χ2v) is 4.56. The Morgan fingerprint density at radius 3 is 2.50 bits per heavy atom. The predicted molar refractivity (Wildman–Crippen MR) is 73.8 cm³/mol. The average molecular weight is 239 g/mol. The highest BCUT2D eigenvalue weighted by molar-refractivity contribution is 5.77. The Balaban J connectivity index is 2.31. The van der Waals surface area contributed by atoms with E-state index < -0.39 is 0 Å². The van der Waals surface area contributed by atoms with Gasteiger partial charge in [0.05, 0.1) is 0 Å². The smallest absolute Gasteiger partial charge is 0.151 e. The molecule has 0 aliphatic rings. The fourth-order valence-corrected chi connectivity index (χ4v) is 1.92. The van der Waals surface area contributed by atoms with Gasteiger partial charge in [-0.2, -0.15) is 0 Å². The Labute approximate surface area is 108 Å². The minimum atomic E-state index is 0.582. The Kier molecular flexibility index (Phi) is 3.88. The summed E-state index contributed by atoms with van der Waals surface area (Å²) in [6.45, 7) is 4.42. The zero-order chi connectivity index (χ0) is 13.0. The molecule has 18 heavy (non-hydrogen) atoms. The summed E-state index contributed by atoms with van der Waals surface area (Å²) in [5.74, 6) is 0.582. The molecule has 1 aromatic carbocycles. The topological polar surface area (TPSA) is 30.0 Å². The average Bonchev–Trinajstić information content (AvgIpc) is 2.46. The second kappa shape index (κ2) is 5.58. The number of nitrogens with zero attached hydrogens (tertiary/aromatic N) is 1. The number of aldehydes is 1. The highest BCUT2D eigenvalue weighted by atomic mass is 16.1. The van der Waals surface area contributed by atoms with Crippen LogP contribution in [0.15, 0.2) is 42.7 Å². The summed E-state index contributed by atoms with van der Waals surface area (Å²) in [7, 11) is 0. The summed E-state index contributed by atoms with van der Waals surface area (Å²) in [5, 5.41) is 0. The molecule has 1 aromatic heterocycles. The van der Waals surface area contributed by atoms with Crippen LogP contribution in [0, 0.1) is 0 Å². The van der Waals surface area contributed by atoms with Gasteiger partial charge in [0, 0.05) is 23.5 Å². The predicted octanol–water partition coefficient (Wildman–Crippen LogP) is 4.07. The van der Waals surface area contributed by atoms with Crippen LogP contribution >= 0.6 is 0 Å². The highest BCUT2D eigenvalue weighted by Gasteiger charge is 2.04. The van der Waals surface area contributed by atoms with E-state index in [9.17, 15) is 4.79 Å². The van der Waals surface area contributed by atoms with Gasteiger partial charge in [0.25, 0.3) is 0 Å². The summed E-state index contributed by atoms with van der Waals surface area (Å²) in [6.07, 6.45) is 5.32. The molecule has 0 N–H and O–H groups in total. The molecule has 0 amide bonds. The lowest BCUT2D eigenvalue weighted by atomic mass is 9.96. The molecule has 0 bridgehead atoms. The normalized spacial score (nSPS) is 12.1. The van der Waals surface area contributed by atoms with Crippen LogP contribution in [0.25, 0.3) is 11.1 Å². The number of carbonyl (C=O) groups excluding carboxylic acids is 1. The van der Waals surface area contributed by atoms with Gasteiger partial charge in [0.1, 0.15) is 0 Å². The van der Waals surface area contributed by atoms with E-state index in [0.29, 0.717) is 11.5 Å². The van der Waals surface area contributed by atoms with Crippen molar-refractivity contribution in [1.82, 2.24) is 4.98 Å². The lowest BCUT2D eigenvalue weighted by molar-refractivity contribution is 0.112. The summed E-state index contributed by atoms with van der Waals surface area (Å²) in [6, 6.07) is 10.3. The third kappa shape index (κ3) is 2.65. The fourth-order valence-electron chi connectivity index (χ4n) is 1.92. The van der Waals surface area contributed by atoms with Crippen LogP contribution in [-0.2, 0) is 0 Å². The third-order valence-electron chi connectivity index (χ3n) is 3.32. The summed E-state index contributed by atoms with van der Waals surface area (Å²) >= 11 is 0. The Morgan fingerprint density at radius 1 is 1.17 bits per heavy atom. The van der Waals surface area contributed by atoms with Crippen molar-refractivity contribution in [2.45, 2.75) is 26.2 Å². The second-order valence-electron chi connectivity index (χ2n) is 4.56. The number of pyridine rings is 1. The molecule has 0 saturated carbocycles. The maximum absolute atomic E-state index is 10.7. The monoisotopic (exact) mass is 239 g/mol. The van der Waals surface area contributed by atoms with Gasteiger partial charge in [-0.1, -0.05) is 38.1 Å². The summed E-state index contributed by atoms with van der Waals surface area (Å²) in [4.78, 5) is 14.8. The van der Waals surface area contributed by atoms with Crippen molar-refractivity contribution in [3.63, 3.8) is 0 Å². The molecule has 2 rings (SSSR count). The molecule has 0 fully saturated rings. The molecular formula is C16H17NO. The number of benzene rings is 1. The Bertz CT molecular complexity index is 531. The van der Waals surface area contributed by atoms with Gasteiger partial charge in [0.2, 0.25) is 0 Å². The van der Waals surface area contributed by atoms with Gasteiger partial charge < -0.3 is 0 Å². The number of hydrogen-bond donors (Lipinski definition) is 0. The molecule has 0 saturated heterocycles. The molecule has 0 spiro atoms. The minimum Gasteiger partial charge on any atom is -0.298 e. The first-order valence-electron chi connectivity index (χ1n) is 6.25. The first-order valence-corrected chi connectivity index (χ1v) is 6.25. The quantitative estimate of drug-likeness (QED) is 0.753. The van der Waals surface area contributed by atoms with E-state index >= 15 is 0 Å². The van der Waals surface area contributed by atoms with E-state index in [1.54, 1.807) is 12.4 Å². The molecule has 2 nitrogen and oxygen atoms in total. The van der Waals surface area contributed by atoms with Gasteiger partial charge in [-0.15, -0.1) is 0 Å². The fraction of sp³-hybridized carbons (Fsp3) is 0.250. The Morgan fingerprint density at radius 2 is 1.89 bits per heavy atom. The zero-order valence-electron chi connectivity index (χ0n) is 10.8. The van der Waals surface area contributed by atoms with E-state index in [1.807, 2.05) is 6.07 Å². The number of rotatable bonds is 4. The molecule has 92 valence electrons. The largest absolute Gasteiger partial charge is 0.298 e. The zero-order valence-corrected chi connectivity index (χ0v) is 10.8. The van der Waals surface area contributed by atoms with E-state index in [4.69, 9.17) is 0 Å². The van der Waals surface area contributed by atoms with E-state index in [0.717, 1.165) is 23.8 Å². The van der Waals surface area contributed by atoms with Crippen molar-refractivity contribution in [3.8, 4) is 11.1 Å². The van der Waals surface area contributed by atoms with Crippen molar-refractivity contribution in [2.24, 2.45) is 0 Å². The van der Waals surface area contributed by atoms with Crippen LogP contribution in [0.2, 0.25) is 0 Å². The number of carbonyl (C=O) groups is 1. The first-order chi connectivity index (χ1) is 8.74. The molecule has 2 heteroatoms. The number of aromatic nitrogens is 1. The Hall–Kier alpha value is -1.96. The third-order valence-corrected chi connectivity index (χ3v) is 3.32. The van der Waals surface area contributed by atoms with E-state index in [2.05, 4.69) is 43.1 Å². The van der Waals surface area contributed by atoms with Crippen molar-refractivity contribution in [3.05, 3.63) is 53.9 Å². The molecule has 1 atom stereocenters. The molecule has 0 radical (unpaired) electrons. The maximum atomic E-state index is 10.7. The maximum Gasteiger partial charge on any atom is 0.151 e. The van der Waals surface area contributed by atoms with Crippen molar-refractivity contribution >= 4 is 6.29 Å². The minimum absolute atomic E-state index is 0.582. The van der Waals surface area contributed by atoms with Crippen LogP contribution in [0.1, 0.15) is 42.1 Å². The van der Waals surface area contributed by atoms with Crippen molar-refractivity contribution in [2.75, 3.05) is 0 Å². The summed E-state index contributed by atoms with van der Waals surface area (Å²) < 4.78 is 0. The lowest BCUT2D eigenvalue weighted by Gasteiger charge is -2.09. The number of hydrogen-bond acceptors (Lipinski definition) is 2. The SMILES string of the molecule is CCC(C)c1ccc(-c2cncc(C=O)c2)cc1. The van der Waals surface area contributed by atoms with Crippen LogP contribution in [0.3, 0.4) is 0 Å². The first kappa shape index (κ1) is 12.5. The van der Waals surface area contributed by atoms with E-state index in [-0.39, 0.29) is 0 Å². The highest BCUT2D eigenvalue weighted by Crippen LogP contribution is 2.24. The van der Waals surface area contributed by atoms with E-state index in [1.165, 1.54) is 5.56 Å². The standard InChI is InChI=1S/C16H17NO/c1-3-12(2)14-4-6-15(7-5-14)16-8-13(11-18)9-17-10-16/h4-12H,3H2,1-2H3. The summed E-state index contributed by atoms with van der Waals surface area (Å²) in [5.41, 5.74) is 4.04. The van der Waals surface area contributed by atoms with Crippen LogP contribution in [-0.4, -0.2) is 11.3 Å². The van der Waals surface area contributed by atoms with Gasteiger partial charge in [-0.25, -0.2) is 0 Å². The van der Waals surface area contributed by atoms with Gasteiger partial charge in [-0.05, 0) is 29.5 Å². The molecule has 2 aromatic rings. The van der Waals surface area contributed by atoms with Crippen LogP contribution < -0.4 is 0 Å². The molecule has 0 aliphatic heterocycles. The lowest BCUT2D eigenvalue weighted by Crippen LogP contribution is -1.91. The van der Waals surface area contributed by atoms with Crippen molar-refractivity contribution in [1.29, 1.82) is 0 Å². The molecular weight excluding hydrogens is 222 g/mol. The van der Waals surface area contributed by atoms with Crippen molar-refractivity contribution < 1.29 is 4.79 Å². The van der Waals surface area contributed by atoms with Crippen LogP contribution in [0.5, 0.6) is 0 Å². The molecule has 1 unspecified atom stereocenters. The van der Waals surface area contributed by atoms with Gasteiger partial charge >= 0.3 is 0 Å².